The van der Waals surface area contributed by atoms with E-state index in [1.165, 1.54) is 0 Å². The third-order valence-electron chi connectivity index (χ3n) is 1.46. The van der Waals surface area contributed by atoms with Crippen LogP contribution in [0.4, 0.5) is 0 Å². The molecule has 0 saturated heterocycles. The minimum atomic E-state index is 0.933. The summed E-state index contributed by atoms with van der Waals surface area (Å²) in [5.41, 5.74) is 2.95. The molecule has 0 amide bonds. The molecule has 0 aliphatic carbocycles. The first kappa shape index (κ1) is 11.6. The van der Waals surface area contributed by atoms with E-state index in [-0.39, 0.29) is 0 Å². The van der Waals surface area contributed by atoms with Crippen LogP contribution < -0.4 is 0 Å². The number of rotatable bonds is 2. The molecule has 0 saturated carbocycles. The van der Waals surface area contributed by atoms with Gasteiger partial charge in [0.15, 0.2) is 0 Å². The smallest absolute Gasteiger partial charge is 0.0724 e. The molecule has 0 radical (unpaired) electrons. The molecule has 0 spiro atoms. The first-order valence-electron chi connectivity index (χ1n) is 4.49. The van der Waals surface area contributed by atoms with Gasteiger partial charge in [-0.2, -0.15) is 0 Å². The SMILES string of the molecule is C=Cc1cccnc1C(=C)C.CC. The molecule has 1 heterocycles. The van der Waals surface area contributed by atoms with Crippen LogP contribution in [0.15, 0.2) is 31.5 Å². The fraction of sp³-hybridized carbons (Fsp3) is 0.250. The van der Waals surface area contributed by atoms with Crippen LogP contribution in [0, 0.1) is 0 Å². The monoisotopic (exact) mass is 175 g/mol. The Morgan fingerprint density at radius 1 is 1.46 bits per heavy atom. The highest BCUT2D eigenvalue weighted by Crippen LogP contribution is 2.14. The summed E-state index contributed by atoms with van der Waals surface area (Å²) in [6.45, 7) is 13.5. The molecule has 0 N–H and O–H groups in total. The van der Waals surface area contributed by atoms with Crippen molar-refractivity contribution in [3.63, 3.8) is 0 Å². The van der Waals surface area contributed by atoms with Crippen molar-refractivity contribution in [1.82, 2.24) is 4.98 Å². The molecule has 0 aromatic carbocycles. The average Bonchev–Trinajstić information content (AvgIpc) is 2.20. The normalized spacial score (nSPS) is 8.23. The lowest BCUT2D eigenvalue weighted by molar-refractivity contribution is 1.26. The lowest BCUT2D eigenvalue weighted by Gasteiger charge is -2.01. The zero-order valence-corrected chi connectivity index (χ0v) is 8.67. The molecule has 1 nitrogen and oxygen atoms in total. The second-order valence-corrected chi connectivity index (χ2v) is 2.43. The molecule has 70 valence electrons. The van der Waals surface area contributed by atoms with Crippen LogP contribution in [0.3, 0.4) is 0 Å². The van der Waals surface area contributed by atoms with Crippen molar-refractivity contribution < 1.29 is 0 Å². The zero-order chi connectivity index (χ0) is 10.3. The number of hydrogen-bond donors (Lipinski definition) is 0. The Morgan fingerprint density at radius 2 is 2.08 bits per heavy atom. The van der Waals surface area contributed by atoms with Gasteiger partial charge in [0, 0.05) is 6.20 Å². The molecule has 0 unspecified atom stereocenters. The van der Waals surface area contributed by atoms with E-state index in [9.17, 15) is 0 Å². The first-order chi connectivity index (χ1) is 6.25. The fourth-order valence-electron chi connectivity index (χ4n) is 0.939. The molecule has 1 aromatic heterocycles. The van der Waals surface area contributed by atoms with E-state index in [1.54, 1.807) is 12.3 Å². The van der Waals surface area contributed by atoms with Crippen LogP contribution >= 0.6 is 0 Å². The lowest BCUT2D eigenvalue weighted by Crippen LogP contribution is -1.87. The maximum Gasteiger partial charge on any atom is 0.0724 e. The number of nitrogens with zero attached hydrogens (tertiary/aromatic N) is 1. The molecule has 1 heteroatoms. The minimum Gasteiger partial charge on any atom is -0.256 e. The van der Waals surface area contributed by atoms with Gasteiger partial charge in [-0.1, -0.05) is 39.1 Å². The first-order valence-corrected chi connectivity index (χ1v) is 4.49. The fourth-order valence-corrected chi connectivity index (χ4v) is 0.939. The molecule has 0 aliphatic rings. The van der Waals surface area contributed by atoms with Crippen LogP contribution in [0.2, 0.25) is 0 Å². The van der Waals surface area contributed by atoms with Crippen molar-refractivity contribution in [3.8, 4) is 0 Å². The van der Waals surface area contributed by atoms with Gasteiger partial charge in [-0.05, 0) is 24.1 Å². The van der Waals surface area contributed by atoms with Crippen molar-refractivity contribution in [2.45, 2.75) is 20.8 Å². The van der Waals surface area contributed by atoms with Gasteiger partial charge < -0.3 is 0 Å². The Hall–Kier alpha value is -1.37. The summed E-state index contributed by atoms with van der Waals surface area (Å²) in [7, 11) is 0. The third kappa shape index (κ3) is 3.24. The maximum atomic E-state index is 4.18. The van der Waals surface area contributed by atoms with E-state index in [0.29, 0.717) is 0 Å². The Balaban J connectivity index is 0.000000671. The van der Waals surface area contributed by atoms with Gasteiger partial charge in [-0.3, -0.25) is 4.98 Å². The van der Waals surface area contributed by atoms with Gasteiger partial charge in [0.2, 0.25) is 0 Å². The molecule has 1 aromatic rings. The summed E-state index contributed by atoms with van der Waals surface area (Å²) in [6, 6.07) is 3.87. The number of hydrogen-bond acceptors (Lipinski definition) is 1. The summed E-state index contributed by atoms with van der Waals surface area (Å²) >= 11 is 0. The summed E-state index contributed by atoms with van der Waals surface area (Å²) in [4.78, 5) is 4.18. The Morgan fingerprint density at radius 3 is 2.46 bits per heavy atom. The van der Waals surface area contributed by atoms with Crippen LogP contribution in [-0.4, -0.2) is 4.98 Å². The van der Waals surface area contributed by atoms with E-state index in [1.807, 2.05) is 32.9 Å². The van der Waals surface area contributed by atoms with Crippen molar-refractivity contribution in [1.29, 1.82) is 0 Å². The highest BCUT2D eigenvalue weighted by molar-refractivity contribution is 5.68. The van der Waals surface area contributed by atoms with E-state index in [0.717, 1.165) is 16.8 Å². The van der Waals surface area contributed by atoms with Gasteiger partial charge in [0.05, 0.1) is 5.69 Å². The molecule has 0 atom stereocenters. The van der Waals surface area contributed by atoms with Gasteiger partial charge in [-0.15, -0.1) is 0 Å². The second kappa shape index (κ2) is 6.18. The second-order valence-electron chi connectivity index (χ2n) is 2.43. The van der Waals surface area contributed by atoms with E-state index >= 15 is 0 Å². The Bertz CT molecular complexity index is 287. The van der Waals surface area contributed by atoms with E-state index < -0.39 is 0 Å². The van der Waals surface area contributed by atoms with Gasteiger partial charge >= 0.3 is 0 Å². The van der Waals surface area contributed by atoms with Crippen molar-refractivity contribution >= 4 is 11.6 Å². The van der Waals surface area contributed by atoms with E-state index in [4.69, 9.17) is 0 Å². The number of pyridine rings is 1. The van der Waals surface area contributed by atoms with Crippen LogP contribution in [-0.2, 0) is 0 Å². The predicted octanol–water partition coefficient (Wildman–Crippen LogP) is 3.78. The molecule has 0 fully saturated rings. The molecule has 1 rings (SSSR count). The number of aromatic nitrogens is 1. The molecule has 0 aliphatic heterocycles. The number of allylic oxidation sites excluding steroid dienone is 1. The summed E-state index contributed by atoms with van der Waals surface area (Å²) in [6.07, 6.45) is 3.55. The Labute approximate surface area is 80.8 Å². The maximum absolute atomic E-state index is 4.18. The zero-order valence-electron chi connectivity index (χ0n) is 8.67. The molecule has 0 bridgehead atoms. The summed E-state index contributed by atoms with van der Waals surface area (Å²) in [5, 5.41) is 0. The van der Waals surface area contributed by atoms with Crippen LogP contribution in [0.1, 0.15) is 32.0 Å². The Kier molecular flexibility index (Phi) is 5.53. The predicted molar refractivity (Wildman–Crippen MR) is 60.4 cm³/mol. The largest absolute Gasteiger partial charge is 0.256 e. The quantitative estimate of drug-likeness (QED) is 0.666. The molecular weight excluding hydrogens is 158 g/mol. The minimum absolute atomic E-state index is 0.933. The highest BCUT2D eigenvalue weighted by Gasteiger charge is 1.98. The van der Waals surface area contributed by atoms with Crippen molar-refractivity contribution in [3.05, 3.63) is 42.7 Å². The topological polar surface area (TPSA) is 12.9 Å². The summed E-state index contributed by atoms with van der Waals surface area (Å²) < 4.78 is 0. The van der Waals surface area contributed by atoms with Crippen molar-refractivity contribution in [2.24, 2.45) is 0 Å². The van der Waals surface area contributed by atoms with Gasteiger partial charge in [0.1, 0.15) is 0 Å². The van der Waals surface area contributed by atoms with Gasteiger partial charge in [-0.25, -0.2) is 0 Å². The van der Waals surface area contributed by atoms with Crippen molar-refractivity contribution in [2.75, 3.05) is 0 Å². The third-order valence-corrected chi connectivity index (χ3v) is 1.46. The molecule has 13 heavy (non-hydrogen) atoms. The lowest BCUT2D eigenvalue weighted by atomic mass is 10.1. The average molecular weight is 175 g/mol. The standard InChI is InChI=1S/C10H11N.C2H6/c1-4-9-6-5-7-11-10(9)8(2)3;1-2/h4-7H,1-2H2,3H3;1-2H3. The molecular formula is C12H17N. The highest BCUT2D eigenvalue weighted by atomic mass is 14.7. The van der Waals surface area contributed by atoms with Crippen LogP contribution in [0.5, 0.6) is 0 Å². The summed E-state index contributed by atoms with van der Waals surface area (Å²) in [5.74, 6) is 0. The van der Waals surface area contributed by atoms with E-state index in [2.05, 4.69) is 18.1 Å². The van der Waals surface area contributed by atoms with Gasteiger partial charge in [0.25, 0.3) is 0 Å². The van der Waals surface area contributed by atoms with Crippen LogP contribution in [0.25, 0.3) is 11.6 Å².